The van der Waals surface area contributed by atoms with Crippen LogP contribution in [-0.2, 0) is 10.0 Å². The fourth-order valence-electron chi connectivity index (χ4n) is 1.92. The highest BCUT2D eigenvalue weighted by Gasteiger charge is 2.17. The van der Waals surface area contributed by atoms with Crippen LogP contribution in [0.15, 0.2) is 41.3 Å². The number of rotatable bonds is 3. The van der Waals surface area contributed by atoms with Crippen molar-refractivity contribution in [2.75, 3.05) is 4.72 Å². The first kappa shape index (κ1) is 12.9. The molecule has 1 aromatic carbocycles. The molecule has 0 bridgehead atoms. The number of sulfonamides is 1. The molecule has 0 fully saturated rings. The Morgan fingerprint density at radius 2 is 1.94 bits per heavy atom. The summed E-state index contributed by atoms with van der Waals surface area (Å²) in [4.78, 5) is 0.355. The van der Waals surface area contributed by atoms with Crippen molar-refractivity contribution >= 4 is 15.7 Å². The van der Waals surface area contributed by atoms with Gasteiger partial charge in [-0.15, -0.1) is 0 Å². The average Bonchev–Trinajstić information content (AvgIpc) is 2.34. The summed E-state index contributed by atoms with van der Waals surface area (Å²) in [5, 5.41) is 0. The topological polar surface area (TPSA) is 46.2 Å². The second-order valence-electron chi connectivity index (χ2n) is 4.51. The van der Waals surface area contributed by atoms with Gasteiger partial charge >= 0.3 is 0 Å². The Balaban J connectivity index is 2.28. The molecule has 4 heteroatoms. The maximum Gasteiger partial charge on any atom is 0.261 e. The Morgan fingerprint density at radius 3 is 2.56 bits per heavy atom. The SMILES string of the molecule is Cc1ccc(NS(=O)(=O)C2=CCCC=C2)c(C)c1. The summed E-state index contributed by atoms with van der Waals surface area (Å²) in [5.41, 5.74) is 2.69. The van der Waals surface area contributed by atoms with Crippen molar-refractivity contribution in [3.05, 3.63) is 52.5 Å². The summed E-state index contributed by atoms with van der Waals surface area (Å²) in [6, 6.07) is 5.66. The summed E-state index contributed by atoms with van der Waals surface area (Å²) in [6.45, 7) is 3.88. The molecular formula is C14H17NO2S. The van der Waals surface area contributed by atoms with Gasteiger partial charge in [0.05, 0.1) is 10.6 Å². The largest absolute Gasteiger partial charge is 0.279 e. The quantitative estimate of drug-likeness (QED) is 0.909. The molecule has 0 amide bonds. The maximum atomic E-state index is 12.2. The number of benzene rings is 1. The van der Waals surface area contributed by atoms with Crippen molar-refractivity contribution < 1.29 is 8.42 Å². The van der Waals surface area contributed by atoms with E-state index in [1.54, 1.807) is 18.2 Å². The van der Waals surface area contributed by atoms with Crippen LogP contribution in [0.5, 0.6) is 0 Å². The zero-order chi connectivity index (χ0) is 13.2. The summed E-state index contributed by atoms with van der Waals surface area (Å²) in [7, 11) is -3.45. The molecule has 0 heterocycles. The number of anilines is 1. The highest BCUT2D eigenvalue weighted by molar-refractivity contribution is 7.96. The van der Waals surface area contributed by atoms with Crippen LogP contribution in [0, 0.1) is 13.8 Å². The lowest BCUT2D eigenvalue weighted by Crippen LogP contribution is -2.15. The number of nitrogens with one attached hydrogen (secondary N) is 1. The van der Waals surface area contributed by atoms with E-state index in [-0.39, 0.29) is 0 Å². The van der Waals surface area contributed by atoms with Crippen LogP contribution < -0.4 is 4.72 Å². The molecule has 96 valence electrons. The lowest BCUT2D eigenvalue weighted by atomic mass is 10.1. The molecule has 1 N–H and O–H groups in total. The van der Waals surface area contributed by atoms with Gasteiger partial charge in [0, 0.05) is 0 Å². The van der Waals surface area contributed by atoms with Crippen LogP contribution in [0.1, 0.15) is 24.0 Å². The molecule has 0 unspecified atom stereocenters. The minimum atomic E-state index is -3.45. The second-order valence-corrected chi connectivity index (χ2v) is 6.19. The molecule has 0 saturated carbocycles. The molecule has 0 spiro atoms. The minimum Gasteiger partial charge on any atom is -0.279 e. The zero-order valence-corrected chi connectivity index (χ0v) is 11.4. The fraction of sp³-hybridized carbons (Fsp3) is 0.286. The van der Waals surface area contributed by atoms with Crippen LogP contribution in [0.2, 0.25) is 0 Å². The van der Waals surface area contributed by atoms with E-state index in [0.717, 1.165) is 24.0 Å². The van der Waals surface area contributed by atoms with Gasteiger partial charge in [0.1, 0.15) is 0 Å². The Labute approximate surface area is 108 Å². The molecule has 0 atom stereocenters. The third-order valence-corrected chi connectivity index (χ3v) is 4.31. The molecule has 3 nitrogen and oxygen atoms in total. The molecule has 0 aliphatic heterocycles. The molecular weight excluding hydrogens is 246 g/mol. The van der Waals surface area contributed by atoms with Crippen LogP contribution in [0.25, 0.3) is 0 Å². The summed E-state index contributed by atoms with van der Waals surface area (Å²) in [6.07, 6.45) is 6.99. The predicted molar refractivity (Wildman–Crippen MR) is 74.9 cm³/mol. The van der Waals surface area contributed by atoms with Crippen molar-refractivity contribution in [1.29, 1.82) is 0 Å². The van der Waals surface area contributed by atoms with Crippen LogP contribution in [0.3, 0.4) is 0 Å². The smallest absolute Gasteiger partial charge is 0.261 e. The average molecular weight is 263 g/mol. The van der Waals surface area contributed by atoms with Gasteiger partial charge in [0.2, 0.25) is 0 Å². The van der Waals surface area contributed by atoms with E-state index < -0.39 is 10.0 Å². The van der Waals surface area contributed by atoms with Gasteiger partial charge in [-0.25, -0.2) is 8.42 Å². The predicted octanol–water partition coefficient (Wildman–Crippen LogP) is 3.28. The standard InChI is InChI=1S/C14H17NO2S/c1-11-8-9-14(12(2)10-11)15-18(16,17)13-6-4-3-5-7-13/h4,6-10,15H,3,5H2,1-2H3. The second kappa shape index (κ2) is 4.98. The van der Waals surface area contributed by atoms with Gasteiger partial charge < -0.3 is 0 Å². The lowest BCUT2D eigenvalue weighted by Gasteiger charge is -2.13. The van der Waals surface area contributed by atoms with Gasteiger partial charge in [-0.1, -0.05) is 29.8 Å². The monoisotopic (exact) mass is 263 g/mol. The summed E-state index contributed by atoms with van der Waals surface area (Å²) >= 11 is 0. The van der Waals surface area contributed by atoms with Crippen molar-refractivity contribution in [3.63, 3.8) is 0 Å². The Kier molecular flexibility index (Phi) is 3.57. The molecule has 0 saturated heterocycles. The summed E-state index contributed by atoms with van der Waals surface area (Å²) in [5.74, 6) is 0. The number of hydrogen-bond donors (Lipinski definition) is 1. The zero-order valence-electron chi connectivity index (χ0n) is 10.6. The highest BCUT2D eigenvalue weighted by Crippen LogP contribution is 2.22. The fourth-order valence-corrected chi connectivity index (χ4v) is 3.17. The number of hydrogen-bond acceptors (Lipinski definition) is 2. The van der Waals surface area contributed by atoms with E-state index in [0.29, 0.717) is 10.6 Å². The number of allylic oxidation sites excluding steroid dienone is 3. The van der Waals surface area contributed by atoms with E-state index >= 15 is 0 Å². The van der Waals surface area contributed by atoms with Gasteiger partial charge in [-0.05, 0) is 44.4 Å². The molecule has 2 rings (SSSR count). The highest BCUT2D eigenvalue weighted by atomic mass is 32.2. The first-order valence-electron chi connectivity index (χ1n) is 5.96. The van der Waals surface area contributed by atoms with E-state index in [9.17, 15) is 8.42 Å². The first-order chi connectivity index (χ1) is 8.49. The lowest BCUT2D eigenvalue weighted by molar-refractivity contribution is 0.607. The molecule has 1 aliphatic rings. The molecule has 1 aliphatic carbocycles. The first-order valence-corrected chi connectivity index (χ1v) is 7.44. The van der Waals surface area contributed by atoms with Gasteiger partial charge in [0.25, 0.3) is 10.0 Å². The van der Waals surface area contributed by atoms with E-state index in [1.165, 1.54) is 0 Å². The van der Waals surface area contributed by atoms with E-state index in [4.69, 9.17) is 0 Å². The molecule has 0 radical (unpaired) electrons. The minimum absolute atomic E-state index is 0.355. The van der Waals surface area contributed by atoms with Crippen molar-refractivity contribution in [2.24, 2.45) is 0 Å². The molecule has 18 heavy (non-hydrogen) atoms. The normalized spacial score (nSPS) is 15.3. The third-order valence-electron chi connectivity index (χ3n) is 2.90. The molecule has 0 aromatic heterocycles. The Morgan fingerprint density at radius 1 is 1.17 bits per heavy atom. The van der Waals surface area contributed by atoms with E-state index in [2.05, 4.69) is 4.72 Å². The van der Waals surface area contributed by atoms with Crippen molar-refractivity contribution in [3.8, 4) is 0 Å². The van der Waals surface area contributed by atoms with Gasteiger partial charge in [-0.3, -0.25) is 4.72 Å². The van der Waals surface area contributed by atoms with Gasteiger partial charge in [-0.2, -0.15) is 0 Å². The third kappa shape index (κ3) is 2.82. The molecule has 1 aromatic rings. The Hall–Kier alpha value is -1.55. The number of aryl methyl sites for hydroxylation is 2. The van der Waals surface area contributed by atoms with Crippen LogP contribution in [-0.4, -0.2) is 8.42 Å². The van der Waals surface area contributed by atoms with Crippen molar-refractivity contribution in [2.45, 2.75) is 26.7 Å². The van der Waals surface area contributed by atoms with E-state index in [1.807, 2.05) is 32.1 Å². The van der Waals surface area contributed by atoms with Crippen LogP contribution in [0.4, 0.5) is 5.69 Å². The maximum absolute atomic E-state index is 12.2. The van der Waals surface area contributed by atoms with Gasteiger partial charge in [0.15, 0.2) is 0 Å². The Bertz CT molecular complexity index is 613. The van der Waals surface area contributed by atoms with Crippen molar-refractivity contribution in [1.82, 2.24) is 0 Å². The van der Waals surface area contributed by atoms with Crippen LogP contribution >= 0.6 is 0 Å². The summed E-state index contributed by atoms with van der Waals surface area (Å²) < 4.78 is 27.0.